The van der Waals surface area contributed by atoms with E-state index in [9.17, 15) is 23.8 Å². The van der Waals surface area contributed by atoms with Gasteiger partial charge in [0.1, 0.15) is 12.6 Å². The molecule has 0 rings (SSSR count). The second-order valence-corrected chi connectivity index (χ2v) is 13.8. The van der Waals surface area contributed by atoms with Crippen molar-refractivity contribution in [3.63, 3.8) is 0 Å². The zero-order valence-corrected chi connectivity index (χ0v) is 32.8. The maximum Gasteiger partial charge on any atom is 0.472 e. The Morgan fingerprint density at radius 1 is 0.596 bits per heavy atom. The molecule has 0 aliphatic carbocycles. The molecule has 0 aromatic heterocycles. The maximum absolute atomic E-state index is 12.5. The average Bonchev–Trinajstić information content (AvgIpc) is 3.02. The molecule has 0 fully saturated rings. The van der Waals surface area contributed by atoms with Crippen LogP contribution in [-0.2, 0) is 37.5 Å². The summed E-state index contributed by atoms with van der Waals surface area (Å²) < 4.78 is 32.5. The molecule has 13 heteroatoms. The van der Waals surface area contributed by atoms with Gasteiger partial charge < -0.3 is 25.2 Å². The molecule has 1 unspecified atom stereocenters. The fourth-order valence-electron chi connectivity index (χ4n) is 4.95. The van der Waals surface area contributed by atoms with Crippen molar-refractivity contribution < 1.29 is 47.5 Å². The molecule has 0 bridgehead atoms. The first-order valence-electron chi connectivity index (χ1n) is 18.1. The molecular formula is C34H66NNaO10P. The predicted molar refractivity (Wildman–Crippen MR) is 186 cm³/mol. The van der Waals surface area contributed by atoms with Crippen LogP contribution in [0.15, 0.2) is 0 Å². The molecule has 0 heterocycles. The van der Waals surface area contributed by atoms with Crippen LogP contribution in [0.25, 0.3) is 0 Å². The van der Waals surface area contributed by atoms with Crippen molar-refractivity contribution in [2.75, 3.05) is 19.8 Å². The summed E-state index contributed by atoms with van der Waals surface area (Å²) in [6, 6.07) is -1.51. The average molecular weight is 703 g/mol. The van der Waals surface area contributed by atoms with Gasteiger partial charge in [0.15, 0.2) is 6.10 Å². The fraction of sp³-hybridized carbons (Fsp3) is 0.912. The third kappa shape index (κ3) is 33.7. The number of carboxylic acids is 1. The van der Waals surface area contributed by atoms with Crippen molar-refractivity contribution in [1.29, 1.82) is 0 Å². The quantitative estimate of drug-likeness (QED) is 0.0257. The van der Waals surface area contributed by atoms with Gasteiger partial charge in [-0.25, -0.2) is 4.57 Å². The minimum absolute atomic E-state index is 0. The van der Waals surface area contributed by atoms with Crippen LogP contribution in [-0.4, -0.2) is 89.4 Å². The van der Waals surface area contributed by atoms with E-state index in [1.165, 1.54) is 89.9 Å². The monoisotopic (exact) mass is 702 g/mol. The van der Waals surface area contributed by atoms with E-state index < -0.39 is 51.1 Å². The Hall–Kier alpha value is -0.520. The molecule has 0 saturated heterocycles. The molecule has 0 spiro atoms. The number of phosphoric acid groups is 1. The molecule has 0 amide bonds. The molecule has 3 atom stereocenters. The second kappa shape index (κ2) is 34.0. The van der Waals surface area contributed by atoms with E-state index >= 15 is 0 Å². The number of carbonyl (C=O) groups is 3. The third-order valence-electron chi connectivity index (χ3n) is 7.86. The number of carboxylic acid groups (broad SMARTS) is 1. The van der Waals surface area contributed by atoms with Gasteiger partial charge in [-0.15, -0.1) is 0 Å². The summed E-state index contributed by atoms with van der Waals surface area (Å²) in [6.07, 6.45) is 24.6. The van der Waals surface area contributed by atoms with E-state index in [2.05, 4.69) is 18.4 Å². The van der Waals surface area contributed by atoms with Crippen LogP contribution in [0, 0.1) is 0 Å². The van der Waals surface area contributed by atoms with Crippen LogP contribution in [0.1, 0.15) is 168 Å². The third-order valence-corrected chi connectivity index (χ3v) is 8.81. The van der Waals surface area contributed by atoms with Gasteiger partial charge in [-0.2, -0.15) is 0 Å². The minimum Gasteiger partial charge on any atom is -0.480 e. The zero-order chi connectivity index (χ0) is 34.3. The van der Waals surface area contributed by atoms with E-state index in [4.69, 9.17) is 24.8 Å². The number of rotatable bonds is 34. The van der Waals surface area contributed by atoms with Gasteiger partial charge in [0.25, 0.3) is 0 Å². The van der Waals surface area contributed by atoms with E-state index in [0.29, 0.717) is 12.8 Å². The van der Waals surface area contributed by atoms with Crippen molar-refractivity contribution in [3.05, 3.63) is 0 Å². The number of unbranched alkanes of at least 4 members (excludes halogenated alkanes) is 20. The molecule has 0 aromatic carbocycles. The number of ether oxygens (including phenoxy) is 2. The van der Waals surface area contributed by atoms with Gasteiger partial charge >= 0.3 is 25.7 Å². The molecule has 0 aromatic rings. The summed E-state index contributed by atoms with van der Waals surface area (Å²) >= 11 is 0. The molecule has 1 radical (unpaired) electrons. The van der Waals surface area contributed by atoms with E-state index in [0.717, 1.165) is 38.5 Å². The van der Waals surface area contributed by atoms with Gasteiger partial charge in [0.2, 0.25) is 0 Å². The Labute approximate surface area is 307 Å². The largest absolute Gasteiger partial charge is 0.480 e. The maximum atomic E-state index is 12.5. The Morgan fingerprint density at radius 2 is 0.957 bits per heavy atom. The van der Waals surface area contributed by atoms with Crippen molar-refractivity contribution >= 4 is 55.3 Å². The predicted octanol–water partition coefficient (Wildman–Crippen LogP) is 8.01. The fourth-order valence-corrected chi connectivity index (χ4v) is 5.72. The number of hydrogen-bond donors (Lipinski definition) is 3. The zero-order valence-electron chi connectivity index (χ0n) is 29.9. The van der Waals surface area contributed by atoms with E-state index in [1.54, 1.807) is 0 Å². The molecule has 0 aliphatic rings. The van der Waals surface area contributed by atoms with Gasteiger partial charge in [-0.1, -0.05) is 142 Å². The molecule has 0 saturated carbocycles. The molecule has 273 valence electrons. The Bertz CT molecular complexity index is 820. The van der Waals surface area contributed by atoms with E-state index in [-0.39, 0.29) is 49.0 Å². The van der Waals surface area contributed by atoms with Gasteiger partial charge in [0, 0.05) is 42.4 Å². The number of aliphatic carboxylic acids is 1. The van der Waals surface area contributed by atoms with Crippen LogP contribution in [0.2, 0.25) is 0 Å². The summed E-state index contributed by atoms with van der Waals surface area (Å²) in [5.74, 6) is -2.37. The minimum atomic E-state index is -4.70. The molecule has 11 nitrogen and oxygen atoms in total. The Morgan fingerprint density at radius 3 is 1.36 bits per heavy atom. The first kappa shape index (κ1) is 48.6. The first-order chi connectivity index (χ1) is 22.1. The number of phosphoric ester groups is 1. The van der Waals surface area contributed by atoms with Gasteiger partial charge in [-0.3, -0.25) is 23.4 Å². The summed E-state index contributed by atoms with van der Waals surface area (Å²) in [7, 11) is -4.70. The summed E-state index contributed by atoms with van der Waals surface area (Å²) in [4.78, 5) is 45.6. The van der Waals surface area contributed by atoms with Crippen LogP contribution < -0.4 is 5.73 Å². The summed E-state index contributed by atoms with van der Waals surface area (Å²) in [5, 5.41) is 8.83. The number of nitrogens with two attached hydrogens (primary N) is 1. The normalized spacial score (nSPS) is 13.7. The molecule has 47 heavy (non-hydrogen) atoms. The number of hydrogen-bond acceptors (Lipinski definition) is 9. The van der Waals surface area contributed by atoms with Crippen molar-refractivity contribution in [1.82, 2.24) is 0 Å². The van der Waals surface area contributed by atoms with Crippen LogP contribution >= 0.6 is 7.82 Å². The van der Waals surface area contributed by atoms with Crippen molar-refractivity contribution in [3.8, 4) is 0 Å². The molecule has 0 aliphatic heterocycles. The standard InChI is InChI=1S/C34H66NO10P.Na/c1-3-5-7-9-11-13-15-17-19-21-23-25-32(36)42-27-30(28-43-46(40,41)44-29-31(35)34(38)39)45-33(37)26-24-22-20-18-16-14-12-10-8-6-4-2;/h30-31H,3-29,35H2,1-2H3,(H,38,39)(H,40,41);/t30-,31+;/m1./s1. The molecule has 4 N–H and O–H groups in total. The number of carbonyl (C=O) groups excluding carboxylic acids is 2. The van der Waals surface area contributed by atoms with Gasteiger partial charge in [0.05, 0.1) is 13.2 Å². The Kier molecular flexibility index (Phi) is 35.1. The number of esters is 2. The summed E-state index contributed by atoms with van der Waals surface area (Å²) in [5.41, 5.74) is 5.30. The molecular weight excluding hydrogens is 636 g/mol. The smallest absolute Gasteiger partial charge is 0.472 e. The first-order valence-corrected chi connectivity index (χ1v) is 19.6. The SMILES string of the molecule is CCCCCCCCCCCCCC(=O)OC[C@H](COP(=O)(O)OC[C@H](N)C(=O)O)OC(=O)CCCCCCCCCCCCC.[Na]. The van der Waals surface area contributed by atoms with Crippen molar-refractivity contribution in [2.24, 2.45) is 5.73 Å². The van der Waals surface area contributed by atoms with Crippen LogP contribution in [0.5, 0.6) is 0 Å². The summed E-state index contributed by atoms with van der Waals surface area (Å²) in [6.45, 7) is 2.77. The van der Waals surface area contributed by atoms with E-state index in [1.807, 2.05) is 0 Å². The van der Waals surface area contributed by atoms with Crippen molar-refractivity contribution in [2.45, 2.75) is 180 Å². The topological polar surface area (TPSA) is 172 Å². The van der Waals surface area contributed by atoms with Gasteiger partial charge in [-0.05, 0) is 12.8 Å². The Balaban J connectivity index is 0. The van der Waals surface area contributed by atoms with Crippen LogP contribution in [0.3, 0.4) is 0 Å². The van der Waals surface area contributed by atoms with Crippen LogP contribution in [0.4, 0.5) is 0 Å². The second-order valence-electron chi connectivity index (χ2n) is 12.4.